The van der Waals surface area contributed by atoms with Crippen LogP contribution in [0.2, 0.25) is 0 Å². The molecule has 1 aromatic heterocycles. The molecule has 3 heteroatoms. The van der Waals surface area contributed by atoms with Gasteiger partial charge in [0.2, 0.25) is 0 Å². The standard InChI is InChI=1S/C16H21N3/c1-3-19(11-14-6-8-18-9-7-14)12-15-4-5-16(17)13(2)10-15/h4-10H,3,11-12,17H2,1-2H3. The highest BCUT2D eigenvalue weighted by molar-refractivity contribution is 5.47. The molecule has 2 rings (SSSR count). The van der Waals surface area contributed by atoms with Gasteiger partial charge < -0.3 is 5.73 Å². The van der Waals surface area contributed by atoms with Gasteiger partial charge in [-0.1, -0.05) is 19.1 Å². The fourth-order valence-corrected chi connectivity index (χ4v) is 2.12. The van der Waals surface area contributed by atoms with Gasteiger partial charge >= 0.3 is 0 Å². The Balaban J connectivity index is 2.04. The molecule has 0 saturated heterocycles. The van der Waals surface area contributed by atoms with E-state index >= 15 is 0 Å². The average Bonchev–Trinajstić information content (AvgIpc) is 2.43. The molecule has 100 valence electrons. The molecule has 19 heavy (non-hydrogen) atoms. The predicted octanol–water partition coefficient (Wildman–Crippen LogP) is 2.99. The molecule has 0 radical (unpaired) electrons. The number of pyridine rings is 1. The zero-order valence-electron chi connectivity index (χ0n) is 11.6. The van der Waals surface area contributed by atoms with Crippen molar-refractivity contribution in [3.8, 4) is 0 Å². The van der Waals surface area contributed by atoms with Crippen LogP contribution < -0.4 is 5.73 Å². The SMILES string of the molecule is CCN(Cc1ccncc1)Cc1ccc(N)c(C)c1. The lowest BCUT2D eigenvalue weighted by Gasteiger charge is -2.21. The summed E-state index contributed by atoms with van der Waals surface area (Å²) in [5.41, 5.74) is 10.5. The highest BCUT2D eigenvalue weighted by Gasteiger charge is 2.05. The molecule has 0 fully saturated rings. The lowest BCUT2D eigenvalue weighted by molar-refractivity contribution is 0.271. The number of hydrogen-bond donors (Lipinski definition) is 1. The van der Waals surface area contributed by atoms with E-state index in [0.29, 0.717) is 0 Å². The molecule has 0 aliphatic carbocycles. The molecule has 0 aliphatic rings. The molecule has 0 bridgehead atoms. The summed E-state index contributed by atoms with van der Waals surface area (Å²) in [4.78, 5) is 6.45. The smallest absolute Gasteiger partial charge is 0.0343 e. The van der Waals surface area contributed by atoms with Crippen LogP contribution >= 0.6 is 0 Å². The summed E-state index contributed by atoms with van der Waals surface area (Å²) in [6, 6.07) is 10.4. The Labute approximate surface area is 115 Å². The fourth-order valence-electron chi connectivity index (χ4n) is 2.12. The largest absolute Gasteiger partial charge is 0.399 e. The Morgan fingerprint density at radius 3 is 2.37 bits per heavy atom. The average molecular weight is 255 g/mol. The van der Waals surface area contributed by atoms with Crippen LogP contribution in [0.5, 0.6) is 0 Å². The van der Waals surface area contributed by atoms with Crippen molar-refractivity contribution < 1.29 is 0 Å². The molecular weight excluding hydrogens is 234 g/mol. The molecule has 1 aromatic carbocycles. The zero-order chi connectivity index (χ0) is 13.7. The van der Waals surface area contributed by atoms with Crippen molar-refractivity contribution in [1.82, 2.24) is 9.88 Å². The van der Waals surface area contributed by atoms with Crippen molar-refractivity contribution >= 4 is 5.69 Å². The van der Waals surface area contributed by atoms with E-state index in [1.54, 1.807) is 0 Å². The van der Waals surface area contributed by atoms with Crippen molar-refractivity contribution in [3.05, 3.63) is 59.4 Å². The molecule has 1 heterocycles. The number of anilines is 1. The first-order valence-corrected chi connectivity index (χ1v) is 6.65. The van der Waals surface area contributed by atoms with Crippen LogP contribution in [0.15, 0.2) is 42.7 Å². The van der Waals surface area contributed by atoms with Crippen LogP contribution in [-0.4, -0.2) is 16.4 Å². The van der Waals surface area contributed by atoms with Gasteiger partial charge in [0.15, 0.2) is 0 Å². The van der Waals surface area contributed by atoms with Crippen LogP contribution in [-0.2, 0) is 13.1 Å². The number of rotatable bonds is 5. The van der Waals surface area contributed by atoms with Crippen LogP contribution in [0.25, 0.3) is 0 Å². The van der Waals surface area contributed by atoms with Crippen LogP contribution in [0.1, 0.15) is 23.6 Å². The minimum atomic E-state index is 0.862. The van der Waals surface area contributed by atoms with E-state index in [2.05, 4.69) is 48.0 Å². The lowest BCUT2D eigenvalue weighted by Crippen LogP contribution is -2.22. The second-order valence-electron chi connectivity index (χ2n) is 4.85. The summed E-state index contributed by atoms with van der Waals surface area (Å²) < 4.78 is 0. The Kier molecular flexibility index (Phi) is 4.53. The minimum Gasteiger partial charge on any atom is -0.399 e. The van der Waals surface area contributed by atoms with E-state index < -0.39 is 0 Å². The first-order valence-electron chi connectivity index (χ1n) is 6.65. The minimum absolute atomic E-state index is 0.862. The topological polar surface area (TPSA) is 42.2 Å². The fraction of sp³-hybridized carbons (Fsp3) is 0.312. The van der Waals surface area contributed by atoms with Gasteiger partial charge in [0.1, 0.15) is 0 Å². The summed E-state index contributed by atoms with van der Waals surface area (Å²) >= 11 is 0. The van der Waals surface area contributed by atoms with Crippen molar-refractivity contribution in [3.63, 3.8) is 0 Å². The second kappa shape index (κ2) is 6.34. The summed E-state index contributed by atoms with van der Waals surface area (Å²) in [6.45, 7) is 7.15. The second-order valence-corrected chi connectivity index (χ2v) is 4.85. The molecule has 3 nitrogen and oxygen atoms in total. The molecule has 0 saturated carbocycles. The maximum atomic E-state index is 5.86. The molecule has 2 N–H and O–H groups in total. The number of benzene rings is 1. The summed E-state index contributed by atoms with van der Waals surface area (Å²) in [6.07, 6.45) is 3.69. The monoisotopic (exact) mass is 255 g/mol. The third-order valence-corrected chi connectivity index (χ3v) is 3.34. The summed E-state index contributed by atoms with van der Waals surface area (Å²) in [7, 11) is 0. The highest BCUT2D eigenvalue weighted by atomic mass is 15.1. The predicted molar refractivity (Wildman–Crippen MR) is 79.6 cm³/mol. The van der Waals surface area contributed by atoms with Gasteiger partial charge in [0.25, 0.3) is 0 Å². The molecule has 0 amide bonds. The molecule has 0 unspecified atom stereocenters. The van der Waals surface area contributed by atoms with Crippen molar-refractivity contribution in [2.45, 2.75) is 26.9 Å². The highest BCUT2D eigenvalue weighted by Crippen LogP contribution is 2.15. The number of hydrogen-bond acceptors (Lipinski definition) is 3. The number of nitrogens with zero attached hydrogens (tertiary/aromatic N) is 2. The van der Waals surface area contributed by atoms with Gasteiger partial charge in [-0.15, -0.1) is 0 Å². The van der Waals surface area contributed by atoms with Crippen LogP contribution in [0, 0.1) is 6.92 Å². The van der Waals surface area contributed by atoms with Gasteiger partial charge in [-0.3, -0.25) is 9.88 Å². The van der Waals surface area contributed by atoms with E-state index in [4.69, 9.17) is 5.73 Å². The van der Waals surface area contributed by atoms with Gasteiger partial charge in [-0.25, -0.2) is 0 Å². The Bertz CT molecular complexity index is 523. The van der Waals surface area contributed by atoms with E-state index in [-0.39, 0.29) is 0 Å². The first kappa shape index (κ1) is 13.6. The number of nitrogens with two attached hydrogens (primary N) is 1. The normalized spacial score (nSPS) is 10.9. The quantitative estimate of drug-likeness (QED) is 0.835. The Hall–Kier alpha value is -1.87. The third-order valence-electron chi connectivity index (χ3n) is 3.34. The number of aryl methyl sites for hydroxylation is 1. The van der Waals surface area contributed by atoms with E-state index in [9.17, 15) is 0 Å². The molecular formula is C16H21N3. The number of aromatic nitrogens is 1. The summed E-state index contributed by atoms with van der Waals surface area (Å²) in [5.74, 6) is 0. The third kappa shape index (κ3) is 3.80. The van der Waals surface area contributed by atoms with Crippen molar-refractivity contribution in [2.75, 3.05) is 12.3 Å². The maximum absolute atomic E-state index is 5.86. The molecule has 0 spiro atoms. The van der Waals surface area contributed by atoms with Crippen molar-refractivity contribution in [2.24, 2.45) is 0 Å². The van der Waals surface area contributed by atoms with E-state index in [0.717, 1.165) is 30.9 Å². The Morgan fingerprint density at radius 1 is 1.05 bits per heavy atom. The maximum Gasteiger partial charge on any atom is 0.0343 e. The van der Waals surface area contributed by atoms with Crippen molar-refractivity contribution in [1.29, 1.82) is 0 Å². The molecule has 2 aromatic rings. The lowest BCUT2D eigenvalue weighted by atomic mass is 10.1. The molecule has 0 atom stereocenters. The van der Waals surface area contributed by atoms with E-state index in [1.165, 1.54) is 11.1 Å². The number of nitrogen functional groups attached to an aromatic ring is 1. The van der Waals surface area contributed by atoms with Crippen LogP contribution in [0.4, 0.5) is 5.69 Å². The molecule has 0 aliphatic heterocycles. The van der Waals surface area contributed by atoms with Gasteiger partial charge in [-0.05, 0) is 48.4 Å². The van der Waals surface area contributed by atoms with E-state index in [1.807, 2.05) is 18.5 Å². The summed E-state index contributed by atoms with van der Waals surface area (Å²) in [5, 5.41) is 0. The zero-order valence-corrected chi connectivity index (χ0v) is 11.6. The van der Waals surface area contributed by atoms with Gasteiger partial charge in [0.05, 0.1) is 0 Å². The van der Waals surface area contributed by atoms with Crippen LogP contribution in [0.3, 0.4) is 0 Å². The Morgan fingerprint density at radius 2 is 1.74 bits per heavy atom. The van der Waals surface area contributed by atoms with Gasteiger partial charge in [-0.2, -0.15) is 0 Å². The van der Waals surface area contributed by atoms with Gasteiger partial charge in [0, 0.05) is 31.2 Å². The first-order chi connectivity index (χ1) is 9.19.